The average molecular weight is 362 g/mol. The molecule has 138 valence electrons. The first kappa shape index (κ1) is 19.9. The molecule has 0 radical (unpaired) electrons. The molecule has 1 amide bonds. The van der Waals surface area contributed by atoms with Gasteiger partial charge in [0.15, 0.2) is 6.61 Å². The zero-order valence-electron chi connectivity index (χ0n) is 15.4. The number of hydrogen-bond donors (Lipinski definition) is 1. The molecule has 0 aliphatic carbocycles. The van der Waals surface area contributed by atoms with E-state index in [0.29, 0.717) is 12.5 Å². The van der Waals surface area contributed by atoms with Crippen LogP contribution in [0.2, 0.25) is 0 Å². The van der Waals surface area contributed by atoms with Crippen molar-refractivity contribution in [2.24, 2.45) is 0 Å². The Hall–Kier alpha value is -3.39. The van der Waals surface area contributed by atoms with E-state index < -0.39 is 18.5 Å². The first-order valence-corrected chi connectivity index (χ1v) is 8.69. The number of esters is 1. The van der Waals surface area contributed by atoms with E-state index in [2.05, 4.69) is 19.2 Å². The molecule has 0 bridgehead atoms. The fourth-order valence-corrected chi connectivity index (χ4v) is 2.34. The van der Waals surface area contributed by atoms with Crippen LogP contribution in [0.3, 0.4) is 0 Å². The van der Waals surface area contributed by atoms with Gasteiger partial charge in [0.05, 0.1) is 0 Å². The molecule has 0 spiro atoms. The van der Waals surface area contributed by atoms with Gasteiger partial charge in [-0.2, -0.15) is 5.26 Å². The Balaban J connectivity index is 1.88. The second-order valence-corrected chi connectivity index (χ2v) is 6.33. The lowest BCUT2D eigenvalue weighted by atomic mass is 10.0. The largest absolute Gasteiger partial charge is 0.451 e. The third kappa shape index (κ3) is 6.44. The Labute approximate surface area is 159 Å². The summed E-state index contributed by atoms with van der Waals surface area (Å²) >= 11 is 0. The smallest absolute Gasteiger partial charge is 0.349 e. The van der Waals surface area contributed by atoms with Crippen molar-refractivity contribution in [2.45, 2.75) is 26.3 Å². The number of carbonyl (C=O) groups is 2. The maximum atomic E-state index is 12.0. The van der Waals surface area contributed by atoms with Crippen LogP contribution in [0.1, 0.15) is 36.5 Å². The van der Waals surface area contributed by atoms with E-state index in [9.17, 15) is 14.9 Å². The minimum Gasteiger partial charge on any atom is -0.451 e. The van der Waals surface area contributed by atoms with E-state index in [1.807, 2.05) is 60.7 Å². The highest BCUT2D eigenvalue weighted by atomic mass is 16.5. The highest BCUT2D eigenvalue weighted by Crippen LogP contribution is 2.16. The van der Waals surface area contributed by atoms with Crippen molar-refractivity contribution < 1.29 is 14.3 Å². The second-order valence-electron chi connectivity index (χ2n) is 6.33. The molecule has 5 heteroatoms. The second kappa shape index (κ2) is 9.93. The molecule has 2 aromatic carbocycles. The molecule has 0 aliphatic rings. The number of hydrogen-bond acceptors (Lipinski definition) is 4. The summed E-state index contributed by atoms with van der Waals surface area (Å²) in [5.74, 6) is -0.844. The highest BCUT2D eigenvalue weighted by molar-refractivity contribution is 5.98. The summed E-state index contributed by atoms with van der Waals surface area (Å²) in [6.07, 6.45) is 1.45. The Bertz CT molecular complexity index is 847. The number of amides is 1. The van der Waals surface area contributed by atoms with Crippen LogP contribution in [0.15, 0.2) is 60.2 Å². The lowest BCUT2D eigenvalue weighted by Gasteiger charge is -2.07. The molecule has 0 fully saturated rings. The summed E-state index contributed by atoms with van der Waals surface area (Å²) in [5, 5.41) is 11.9. The molecular formula is C22H22N2O3. The normalized spacial score (nSPS) is 11.0. The standard InChI is InChI=1S/C22H22N2O3/c1-16(2)19-10-8-17(9-11-19)12-20(13-23)22(26)27-15-21(25)24-14-18-6-4-3-5-7-18/h3-12,16H,14-15H2,1-2H3,(H,24,25)/b20-12+. The summed E-state index contributed by atoms with van der Waals surface area (Å²) in [6, 6.07) is 18.8. The maximum absolute atomic E-state index is 12.0. The van der Waals surface area contributed by atoms with Gasteiger partial charge in [-0.15, -0.1) is 0 Å². The number of nitrogens with zero attached hydrogens (tertiary/aromatic N) is 1. The first-order chi connectivity index (χ1) is 13.0. The van der Waals surface area contributed by atoms with Crippen molar-refractivity contribution in [3.8, 4) is 6.07 Å². The van der Waals surface area contributed by atoms with Crippen LogP contribution in [-0.2, 0) is 20.9 Å². The number of nitriles is 1. The van der Waals surface area contributed by atoms with E-state index in [1.165, 1.54) is 11.6 Å². The molecule has 0 atom stereocenters. The van der Waals surface area contributed by atoms with Crippen LogP contribution < -0.4 is 5.32 Å². The van der Waals surface area contributed by atoms with Crippen LogP contribution >= 0.6 is 0 Å². The van der Waals surface area contributed by atoms with Gasteiger partial charge in [-0.25, -0.2) is 4.79 Å². The summed E-state index contributed by atoms with van der Waals surface area (Å²) in [5.41, 5.74) is 2.69. The number of nitrogens with one attached hydrogen (secondary N) is 1. The Morgan fingerprint density at radius 1 is 1.11 bits per heavy atom. The summed E-state index contributed by atoms with van der Waals surface area (Å²) in [7, 11) is 0. The zero-order valence-corrected chi connectivity index (χ0v) is 15.4. The van der Waals surface area contributed by atoms with E-state index in [0.717, 1.165) is 11.1 Å². The fourth-order valence-electron chi connectivity index (χ4n) is 2.34. The van der Waals surface area contributed by atoms with Crippen molar-refractivity contribution in [1.29, 1.82) is 5.26 Å². The Morgan fingerprint density at radius 3 is 2.37 bits per heavy atom. The van der Waals surface area contributed by atoms with Gasteiger partial charge in [0.1, 0.15) is 11.6 Å². The Kier molecular flexibility index (Phi) is 7.33. The average Bonchev–Trinajstić information content (AvgIpc) is 2.69. The molecule has 0 aromatic heterocycles. The predicted octanol–water partition coefficient (Wildman–Crippen LogP) is 3.58. The fraction of sp³-hybridized carbons (Fsp3) is 0.227. The van der Waals surface area contributed by atoms with Crippen molar-refractivity contribution in [1.82, 2.24) is 5.32 Å². The van der Waals surface area contributed by atoms with Crippen molar-refractivity contribution in [2.75, 3.05) is 6.61 Å². The Morgan fingerprint density at radius 2 is 1.78 bits per heavy atom. The van der Waals surface area contributed by atoms with Gasteiger partial charge in [-0.05, 0) is 28.7 Å². The van der Waals surface area contributed by atoms with Crippen LogP contribution in [0.4, 0.5) is 0 Å². The molecule has 0 saturated carbocycles. The quantitative estimate of drug-likeness (QED) is 0.464. The molecule has 2 aromatic rings. The van der Waals surface area contributed by atoms with Crippen LogP contribution in [-0.4, -0.2) is 18.5 Å². The van der Waals surface area contributed by atoms with E-state index in [4.69, 9.17) is 4.74 Å². The lowest BCUT2D eigenvalue weighted by molar-refractivity contribution is -0.144. The SMILES string of the molecule is CC(C)c1ccc(/C=C(\C#N)C(=O)OCC(=O)NCc2ccccc2)cc1. The summed E-state index contributed by atoms with van der Waals surface area (Å²) in [4.78, 5) is 23.8. The van der Waals surface area contributed by atoms with Crippen molar-refractivity contribution in [3.05, 3.63) is 76.9 Å². The molecule has 27 heavy (non-hydrogen) atoms. The lowest BCUT2D eigenvalue weighted by Crippen LogP contribution is -2.28. The highest BCUT2D eigenvalue weighted by Gasteiger charge is 2.13. The first-order valence-electron chi connectivity index (χ1n) is 8.69. The monoisotopic (exact) mass is 362 g/mol. The van der Waals surface area contributed by atoms with Gasteiger partial charge in [-0.3, -0.25) is 4.79 Å². The topological polar surface area (TPSA) is 79.2 Å². The van der Waals surface area contributed by atoms with Crippen molar-refractivity contribution in [3.63, 3.8) is 0 Å². The van der Waals surface area contributed by atoms with Gasteiger partial charge in [0.25, 0.3) is 5.91 Å². The molecule has 2 rings (SSSR count). The minimum absolute atomic E-state index is 0.150. The molecule has 0 heterocycles. The third-order valence-electron chi connectivity index (χ3n) is 3.92. The molecule has 5 nitrogen and oxygen atoms in total. The van der Waals surface area contributed by atoms with Gasteiger partial charge >= 0.3 is 5.97 Å². The zero-order chi connectivity index (χ0) is 19.6. The maximum Gasteiger partial charge on any atom is 0.349 e. The van der Waals surface area contributed by atoms with Gasteiger partial charge in [0, 0.05) is 6.54 Å². The van der Waals surface area contributed by atoms with Gasteiger partial charge in [-0.1, -0.05) is 68.4 Å². The van der Waals surface area contributed by atoms with Crippen LogP contribution in [0, 0.1) is 11.3 Å². The molecule has 1 N–H and O–H groups in total. The number of carbonyl (C=O) groups excluding carboxylic acids is 2. The number of rotatable bonds is 7. The van der Waals surface area contributed by atoms with E-state index >= 15 is 0 Å². The number of benzene rings is 2. The minimum atomic E-state index is -0.819. The molecule has 0 aliphatic heterocycles. The predicted molar refractivity (Wildman–Crippen MR) is 103 cm³/mol. The van der Waals surface area contributed by atoms with E-state index in [-0.39, 0.29) is 5.57 Å². The molecular weight excluding hydrogens is 340 g/mol. The third-order valence-corrected chi connectivity index (χ3v) is 3.92. The van der Waals surface area contributed by atoms with Gasteiger partial charge < -0.3 is 10.1 Å². The summed E-state index contributed by atoms with van der Waals surface area (Å²) in [6.45, 7) is 4.09. The van der Waals surface area contributed by atoms with E-state index in [1.54, 1.807) is 0 Å². The summed E-state index contributed by atoms with van der Waals surface area (Å²) < 4.78 is 4.94. The molecule has 0 saturated heterocycles. The number of ether oxygens (including phenoxy) is 1. The van der Waals surface area contributed by atoms with Crippen LogP contribution in [0.5, 0.6) is 0 Å². The van der Waals surface area contributed by atoms with Gasteiger partial charge in [0.2, 0.25) is 0 Å². The molecule has 0 unspecified atom stereocenters. The van der Waals surface area contributed by atoms with Crippen molar-refractivity contribution >= 4 is 18.0 Å². The van der Waals surface area contributed by atoms with Crippen LogP contribution in [0.25, 0.3) is 6.08 Å².